The number of benzene rings is 2. The van der Waals surface area contributed by atoms with Gasteiger partial charge in [0.25, 0.3) is 5.91 Å². The van der Waals surface area contributed by atoms with Crippen LogP contribution in [0.2, 0.25) is 0 Å². The Morgan fingerprint density at radius 1 is 1.27 bits per heavy atom. The number of amides is 1. The number of halogens is 1. The molecule has 0 aliphatic carbocycles. The summed E-state index contributed by atoms with van der Waals surface area (Å²) in [4.78, 5) is 25.7. The Balaban J connectivity index is 1.78. The normalized spacial score (nSPS) is 15.3. The van der Waals surface area contributed by atoms with Crippen LogP contribution >= 0.6 is 15.9 Å². The van der Waals surface area contributed by atoms with Crippen LogP contribution in [0.1, 0.15) is 28.9 Å². The zero-order valence-corrected chi connectivity index (χ0v) is 16.0. The van der Waals surface area contributed by atoms with Gasteiger partial charge in [0.1, 0.15) is 11.3 Å². The molecule has 6 heteroatoms. The van der Waals surface area contributed by atoms with Crippen molar-refractivity contribution in [3.05, 3.63) is 68.4 Å². The predicted molar refractivity (Wildman–Crippen MR) is 105 cm³/mol. The van der Waals surface area contributed by atoms with E-state index in [4.69, 9.17) is 4.74 Å². The van der Waals surface area contributed by atoms with Crippen LogP contribution in [-0.2, 0) is 6.42 Å². The molecule has 4 rings (SSSR count). The van der Waals surface area contributed by atoms with Crippen LogP contribution in [0.15, 0.2) is 51.9 Å². The van der Waals surface area contributed by atoms with E-state index in [2.05, 4.69) is 28.2 Å². The summed E-state index contributed by atoms with van der Waals surface area (Å²) in [6.45, 7) is 2.09. The van der Waals surface area contributed by atoms with E-state index in [0.717, 1.165) is 22.0 Å². The Labute approximate surface area is 158 Å². The zero-order valence-electron chi connectivity index (χ0n) is 14.4. The highest BCUT2D eigenvalue weighted by Gasteiger charge is 2.25. The summed E-state index contributed by atoms with van der Waals surface area (Å²) in [6, 6.07) is 11.0. The lowest BCUT2D eigenvalue weighted by Gasteiger charge is -2.13. The molecule has 2 aromatic carbocycles. The van der Waals surface area contributed by atoms with E-state index in [9.17, 15) is 9.59 Å². The van der Waals surface area contributed by atoms with Gasteiger partial charge in [0.15, 0.2) is 0 Å². The quantitative estimate of drug-likeness (QED) is 0.702. The molecule has 0 saturated carbocycles. The van der Waals surface area contributed by atoms with Crippen molar-refractivity contribution in [1.29, 1.82) is 0 Å². The lowest BCUT2D eigenvalue weighted by Crippen LogP contribution is -2.23. The smallest absolute Gasteiger partial charge is 0.261 e. The van der Waals surface area contributed by atoms with E-state index in [1.54, 1.807) is 43.6 Å². The molecular formula is C20H17BrN2O3. The fourth-order valence-corrected chi connectivity index (χ4v) is 4.00. The van der Waals surface area contributed by atoms with Crippen LogP contribution in [0.3, 0.4) is 0 Å². The number of carbonyl (C=O) groups is 1. The average molecular weight is 413 g/mol. The molecular weight excluding hydrogens is 396 g/mol. The van der Waals surface area contributed by atoms with Gasteiger partial charge in [-0.15, -0.1) is 0 Å². The first kappa shape index (κ1) is 16.8. The molecule has 1 amide bonds. The second-order valence-electron chi connectivity index (χ2n) is 6.48. The van der Waals surface area contributed by atoms with Crippen molar-refractivity contribution in [2.75, 3.05) is 12.4 Å². The first-order valence-corrected chi connectivity index (χ1v) is 9.10. The molecule has 0 saturated heterocycles. The summed E-state index contributed by atoms with van der Waals surface area (Å²) < 4.78 is 8.00. The van der Waals surface area contributed by atoms with Crippen LogP contribution < -0.4 is 15.5 Å². The highest BCUT2D eigenvalue weighted by atomic mass is 79.9. The summed E-state index contributed by atoms with van der Waals surface area (Å²) >= 11 is 3.47. The van der Waals surface area contributed by atoms with Crippen molar-refractivity contribution in [2.45, 2.75) is 19.4 Å². The molecule has 0 unspecified atom stereocenters. The van der Waals surface area contributed by atoms with Crippen LogP contribution in [0.25, 0.3) is 10.9 Å². The van der Waals surface area contributed by atoms with Crippen molar-refractivity contribution in [3.8, 4) is 5.75 Å². The monoisotopic (exact) mass is 412 g/mol. The minimum atomic E-state index is -0.411. The van der Waals surface area contributed by atoms with Gasteiger partial charge in [0.2, 0.25) is 5.43 Å². The minimum Gasteiger partial charge on any atom is -0.497 e. The number of ether oxygens (including phenoxy) is 1. The molecule has 0 fully saturated rings. The summed E-state index contributed by atoms with van der Waals surface area (Å²) in [5.74, 6) is 0.291. The lowest BCUT2D eigenvalue weighted by atomic mass is 10.1. The van der Waals surface area contributed by atoms with Gasteiger partial charge in [-0.1, -0.05) is 15.9 Å². The molecule has 132 valence electrons. The Kier molecular flexibility index (Phi) is 4.07. The second-order valence-corrected chi connectivity index (χ2v) is 7.39. The Morgan fingerprint density at radius 3 is 2.69 bits per heavy atom. The van der Waals surface area contributed by atoms with E-state index in [-0.39, 0.29) is 17.0 Å². The number of anilines is 1. The molecule has 26 heavy (non-hydrogen) atoms. The van der Waals surface area contributed by atoms with Gasteiger partial charge in [0, 0.05) is 27.8 Å². The van der Waals surface area contributed by atoms with Crippen LogP contribution in [0.5, 0.6) is 5.75 Å². The van der Waals surface area contributed by atoms with Gasteiger partial charge in [-0.3, -0.25) is 9.59 Å². The van der Waals surface area contributed by atoms with Gasteiger partial charge in [-0.2, -0.15) is 0 Å². The molecule has 0 bridgehead atoms. The SMILES string of the molecule is COc1ccc(NC(=O)c2cn3c4c(cc(Br)cc4c2=O)C[C@@H]3C)cc1. The topological polar surface area (TPSA) is 60.3 Å². The fourth-order valence-electron chi connectivity index (χ4n) is 3.50. The molecule has 2 heterocycles. The Bertz CT molecular complexity index is 1090. The number of methoxy groups -OCH3 is 1. The summed E-state index contributed by atoms with van der Waals surface area (Å²) in [5, 5.41) is 3.36. The van der Waals surface area contributed by atoms with E-state index < -0.39 is 5.91 Å². The number of pyridine rings is 1. The molecule has 1 atom stereocenters. The molecule has 1 aromatic heterocycles. The van der Waals surface area contributed by atoms with E-state index in [1.807, 2.05) is 10.6 Å². The lowest BCUT2D eigenvalue weighted by molar-refractivity contribution is 0.102. The third-order valence-electron chi connectivity index (χ3n) is 4.75. The van der Waals surface area contributed by atoms with Crippen LogP contribution in [-0.4, -0.2) is 17.6 Å². The second kappa shape index (κ2) is 6.29. The number of hydrogen-bond acceptors (Lipinski definition) is 3. The summed E-state index contributed by atoms with van der Waals surface area (Å²) in [7, 11) is 1.58. The number of nitrogens with zero attached hydrogens (tertiary/aromatic N) is 1. The molecule has 0 radical (unpaired) electrons. The zero-order chi connectivity index (χ0) is 18.4. The maximum Gasteiger partial charge on any atom is 0.261 e. The van der Waals surface area contributed by atoms with Crippen LogP contribution in [0.4, 0.5) is 5.69 Å². The summed E-state index contributed by atoms with van der Waals surface area (Å²) in [5.41, 5.74) is 2.55. The number of rotatable bonds is 3. The molecule has 1 N–H and O–H groups in total. The van der Waals surface area contributed by atoms with E-state index >= 15 is 0 Å². The molecule has 1 aliphatic heterocycles. The standard InChI is InChI=1S/C20H17BrN2O3/c1-11-7-12-8-13(21)9-16-18(12)23(11)10-17(19(16)24)20(25)22-14-3-5-15(26-2)6-4-14/h3-6,8-11H,7H2,1-2H3,(H,22,25)/t11-/m0/s1. The predicted octanol–water partition coefficient (Wildman–Crippen LogP) is 4.14. The Morgan fingerprint density at radius 2 is 2.00 bits per heavy atom. The van der Waals surface area contributed by atoms with Gasteiger partial charge >= 0.3 is 0 Å². The van der Waals surface area contributed by atoms with Crippen molar-refractivity contribution < 1.29 is 9.53 Å². The molecule has 0 spiro atoms. The molecule has 5 nitrogen and oxygen atoms in total. The Hall–Kier alpha value is -2.60. The number of hydrogen-bond donors (Lipinski definition) is 1. The van der Waals surface area contributed by atoms with Gasteiger partial charge in [-0.05, 0) is 55.3 Å². The number of carbonyl (C=O) groups excluding carboxylic acids is 1. The first-order valence-electron chi connectivity index (χ1n) is 8.30. The third kappa shape index (κ3) is 2.70. The van der Waals surface area contributed by atoms with Gasteiger partial charge < -0.3 is 14.6 Å². The number of aromatic nitrogens is 1. The number of nitrogens with one attached hydrogen (secondary N) is 1. The van der Waals surface area contributed by atoms with E-state index in [0.29, 0.717) is 16.8 Å². The molecule has 3 aromatic rings. The van der Waals surface area contributed by atoms with E-state index in [1.165, 1.54) is 0 Å². The molecule has 1 aliphatic rings. The highest BCUT2D eigenvalue weighted by molar-refractivity contribution is 9.10. The highest BCUT2D eigenvalue weighted by Crippen LogP contribution is 2.33. The third-order valence-corrected chi connectivity index (χ3v) is 5.21. The first-order chi connectivity index (χ1) is 12.5. The van der Waals surface area contributed by atoms with Crippen molar-refractivity contribution in [2.24, 2.45) is 0 Å². The van der Waals surface area contributed by atoms with Crippen molar-refractivity contribution in [1.82, 2.24) is 4.57 Å². The minimum absolute atomic E-state index is 0.145. The van der Waals surface area contributed by atoms with Gasteiger partial charge in [0.05, 0.1) is 12.6 Å². The maximum absolute atomic E-state index is 12.9. The maximum atomic E-state index is 12.9. The van der Waals surface area contributed by atoms with Crippen LogP contribution in [0, 0.1) is 0 Å². The van der Waals surface area contributed by atoms with Crippen molar-refractivity contribution in [3.63, 3.8) is 0 Å². The fraction of sp³-hybridized carbons (Fsp3) is 0.200. The van der Waals surface area contributed by atoms with Crippen molar-refractivity contribution >= 4 is 38.4 Å². The summed E-state index contributed by atoms with van der Waals surface area (Å²) in [6.07, 6.45) is 2.53. The van der Waals surface area contributed by atoms with Gasteiger partial charge in [-0.25, -0.2) is 0 Å². The average Bonchev–Trinajstić information content (AvgIpc) is 2.93. The largest absolute Gasteiger partial charge is 0.497 e.